The first kappa shape index (κ1) is 35.7. The van der Waals surface area contributed by atoms with Crippen molar-refractivity contribution in [2.45, 2.75) is 111 Å². The molecule has 0 aliphatic rings. The molecule has 0 saturated carbocycles. The number of unbranched alkanes of at least 4 members (excludes halogenated alkanes) is 4. The lowest BCUT2D eigenvalue weighted by molar-refractivity contribution is -0.145. The number of carbonyl (C=O) groups excluding carboxylic acids is 4. The Balaban J connectivity index is 3.44. The largest absolute Gasteiger partial charge is 0.508 e. The molecule has 3 atom stereocenters. The molecule has 3 unspecified atom stereocenters. The monoisotopic (exact) mass is 577 g/mol. The second-order valence-corrected chi connectivity index (χ2v) is 11.3. The van der Waals surface area contributed by atoms with Crippen LogP contribution in [0.5, 0.6) is 5.75 Å². The van der Waals surface area contributed by atoms with Crippen molar-refractivity contribution in [1.29, 1.82) is 0 Å². The Hall–Kier alpha value is -3.30. The van der Waals surface area contributed by atoms with E-state index in [4.69, 9.17) is 9.47 Å². The van der Waals surface area contributed by atoms with Crippen molar-refractivity contribution in [1.82, 2.24) is 15.5 Å². The summed E-state index contributed by atoms with van der Waals surface area (Å²) in [6.07, 6.45) is 4.55. The van der Waals surface area contributed by atoms with Crippen LogP contribution < -0.4 is 10.6 Å². The van der Waals surface area contributed by atoms with Gasteiger partial charge in [0, 0.05) is 13.1 Å². The van der Waals surface area contributed by atoms with Crippen LogP contribution in [0.4, 0.5) is 4.79 Å². The average molecular weight is 578 g/mol. The van der Waals surface area contributed by atoms with Gasteiger partial charge in [0.05, 0.1) is 13.0 Å². The molecule has 0 aliphatic heterocycles. The molecule has 3 N–H and O–H groups in total. The van der Waals surface area contributed by atoms with E-state index in [2.05, 4.69) is 17.6 Å². The lowest BCUT2D eigenvalue weighted by Gasteiger charge is -2.36. The molecule has 0 aliphatic carbocycles. The van der Waals surface area contributed by atoms with Crippen LogP contribution in [-0.4, -0.2) is 65.2 Å². The maximum absolute atomic E-state index is 14.3. The van der Waals surface area contributed by atoms with E-state index in [0.29, 0.717) is 18.4 Å². The lowest BCUT2D eigenvalue weighted by atomic mass is 9.95. The zero-order chi connectivity index (χ0) is 31.0. The van der Waals surface area contributed by atoms with Crippen molar-refractivity contribution in [2.75, 3.05) is 19.7 Å². The van der Waals surface area contributed by atoms with Crippen LogP contribution in [0, 0.1) is 5.92 Å². The van der Waals surface area contributed by atoms with Gasteiger partial charge in [-0.05, 0) is 57.7 Å². The quantitative estimate of drug-likeness (QED) is 0.170. The summed E-state index contributed by atoms with van der Waals surface area (Å²) in [5.41, 5.74) is -0.252. The Kier molecular flexibility index (Phi) is 15.9. The number of esters is 1. The Morgan fingerprint density at radius 1 is 0.976 bits per heavy atom. The van der Waals surface area contributed by atoms with Gasteiger partial charge in [0.1, 0.15) is 23.4 Å². The molecule has 1 aromatic rings. The van der Waals surface area contributed by atoms with Gasteiger partial charge in [0.2, 0.25) is 11.8 Å². The predicted molar refractivity (Wildman–Crippen MR) is 158 cm³/mol. The van der Waals surface area contributed by atoms with Crippen LogP contribution in [-0.2, 0) is 23.9 Å². The number of nitrogens with zero attached hydrogens (tertiary/aromatic N) is 1. The number of amides is 3. The second-order valence-electron chi connectivity index (χ2n) is 11.3. The summed E-state index contributed by atoms with van der Waals surface area (Å²) in [6, 6.07) is 4.14. The van der Waals surface area contributed by atoms with Crippen LogP contribution in [0.1, 0.15) is 105 Å². The van der Waals surface area contributed by atoms with E-state index >= 15 is 0 Å². The summed E-state index contributed by atoms with van der Waals surface area (Å²) >= 11 is 0. The summed E-state index contributed by atoms with van der Waals surface area (Å²) in [4.78, 5) is 54.1. The van der Waals surface area contributed by atoms with Gasteiger partial charge >= 0.3 is 12.1 Å². The van der Waals surface area contributed by atoms with Gasteiger partial charge in [-0.15, -0.1) is 0 Å². The average Bonchev–Trinajstić information content (AvgIpc) is 2.90. The van der Waals surface area contributed by atoms with E-state index in [1.165, 1.54) is 17.0 Å². The summed E-state index contributed by atoms with van der Waals surface area (Å²) in [7, 11) is 0. The van der Waals surface area contributed by atoms with Crippen molar-refractivity contribution < 1.29 is 33.8 Å². The molecule has 1 aromatic carbocycles. The minimum atomic E-state index is -1.05. The molecule has 1 rings (SSSR count). The fourth-order valence-electron chi connectivity index (χ4n) is 4.30. The number of phenolic OH excluding ortho intramolecular Hbond substituents is 1. The first-order valence-corrected chi connectivity index (χ1v) is 14.9. The van der Waals surface area contributed by atoms with E-state index < -0.39 is 41.6 Å². The van der Waals surface area contributed by atoms with E-state index in [9.17, 15) is 24.3 Å². The molecule has 10 heteroatoms. The SMILES string of the molecule is CCCCCCCN(C(=O)C(NC(=O)OC(C)(C)C)C(C)CC)C(C(=O)NCCC(=O)OCC)c1ccc(O)cc1. The van der Waals surface area contributed by atoms with Crippen molar-refractivity contribution >= 4 is 23.9 Å². The van der Waals surface area contributed by atoms with E-state index in [1.54, 1.807) is 39.8 Å². The Bertz CT molecular complexity index is 959. The van der Waals surface area contributed by atoms with Crippen LogP contribution >= 0.6 is 0 Å². The van der Waals surface area contributed by atoms with Crippen LogP contribution in [0.15, 0.2) is 24.3 Å². The van der Waals surface area contributed by atoms with Crippen LogP contribution in [0.2, 0.25) is 0 Å². The molecule has 0 heterocycles. The molecule has 232 valence electrons. The zero-order valence-corrected chi connectivity index (χ0v) is 26.0. The standard InChI is InChI=1S/C31H51N3O7/c1-8-11-12-13-14-21-34(29(38)26(22(4)9-2)33-30(39)41-31(5,6)7)27(23-15-17-24(35)18-16-23)28(37)32-20-19-25(36)40-10-3/h15-18,22,26-27,35H,8-14,19-21H2,1-7H3,(H,32,37)(H,33,39). The molecule has 0 aromatic heterocycles. The molecule has 0 bridgehead atoms. The zero-order valence-electron chi connectivity index (χ0n) is 26.0. The van der Waals surface area contributed by atoms with Crippen LogP contribution in [0.3, 0.4) is 0 Å². The normalized spacial score (nSPS) is 13.4. The summed E-state index contributed by atoms with van der Waals surface area (Å²) in [5, 5.41) is 15.4. The van der Waals surface area contributed by atoms with E-state index in [-0.39, 0.29) is 37.8 Å². The topological polar surface area (TPSA) is 134 Å². The molecule has 10 nitrogen and oxygen atoms in total. The van der Waals surface area contributed by atoms with Crippen molar-refractivity contribution in [3.05, 3.63) is 29.8 Å². The highest BCUT2D eigenvalue weighted by atomic mass is 16.6. The third-order valence-corrected chi connectivity index (χ3v) is 6.64. The number of ether oxygens (including phenoxy) is 2. The summed E-state index contributed by atoms with van der Waals surface area (Å²) < 4.78 is 10.4. The third-order valence-electron chi connectivity index (χ3n) is 6.64. The number of hydrogen-bond acceptors (Lipinski definition) is 7. The van der Waals surface area contributed by atoms with Crippen molar-refractivity contribution in [3.63, 3.8) is 0 Å². The number of benzene rings is 1. The third kappa shape index (κ3) is 13.3. The van der Waals surface area contributed by atoms with Crippen LogP contribution in [0.25, 0.3) is 0 Å². The first-order valence-electron chi connectivity index (χ1n) is 14.9. The van der Waals surface area contributed by atoms with Gasteiger partial charge < -0.3 is 30.1 Å². The first-order chi connectivity index (χ1) is 19.3. The minimum Gasteiger partial charge on any atom is -0.508 e. The predicted octanol–water partition coefficient (Wildman–Crippen LogP) is 5.24. The molecule has 3 amide bonds. The molecule has 41 heavy (non-hydrogen) atoms. The van der Waals surface area contributed by atoms with Gasteiger partial charge in [-0.1, -0.05) is 65.0 Å². The number of nitrogens with one attached hydrogen (secondary N) is 2. The maximum atomic E-state index is 14.3. The minimum absolute atomic E-state index is 0.0114. The molecule has 0 fully saturated rings. The molecule has 0 saturated heterocycles. The van der Waals surface area contributed by atoms with Crippen molar-refractivity contribution in [3.8, 4) is 5.75 Å². The Labute approximate surface area is 245 Å². The highest BCUT2D eigenvalue weighted by molar-refractivity contribution is 5.92. The summed E-state index contributed by atoms with van der Waals surface area (Å²) in [6.45, 7) is 13.4. The van der Waals surface area contributed by atoms with Gasteiger partial charge in [-0.3, -0.25) is 14.4 Å². The molecule has 0 radical (unpaired) electrons. The highest BCUT2D eigenvalue weighted by Crippen LogP contribution is 2.27. The van der Waals surface area contributed by atoms with Gasteiger partial charge in [-0.25, -0.2) is 4.79 Å². The van der Waals surface area contributed by atoms with Gasteiger partial charge in [-0.2, -0.15) is 0 Å². The molecule has 0 spiro atoms. The summed E-state index contributed by atoms with van der Waals surface area (Å²) in [5.74, 6) is -1.53. The Morgan fingerprint density at radius 3 is 2.17 bits per heavy atom. The van der Waals surface area contributed by atoms with E-state index in [1.807, 2.05) is 13.8 Å². The lowest BCUT2D eigenvalue weighted by Crippen LogP contribution is -2.55. The highest BCUT2D eigenvalue weighted by Gasteiger charge is 2.38. The Morgan fingerprint density at radius 2 is 1.61 bits per heavy atom. The van der Waals surface area contributed by atoms with E-state index in [0.717, 1.165) is 25.7 Å². The second kappa shape index (κ2) is 18.2. The molecular weight excluding hydrogens is 526 g/mol. The van der Waals surface area contributed by atoms with Gasteiger partial charge in [0.15, 0.2) is 0 Å². The number of carbonyl (C=O) groups is 4. The molecular formula is C31H51N3O7. The number of alkyl carbamates (subject to hydrolysis) is 1. The smallest absolute Gasteiger partial charge is 0.408 e. The fourth-order valence-corrected chi connectivity index (χ4v) is 4.30. The number of aromatic hydroxyl groups is 1. The maximum Gasteiger partial charge on any atom is 0.408 e. The number of hydrogen-bond donors (Lipinski definition) is 3. The number of phenols is 1. The fraction of sp³-hybridized carbons (Fsp3) is 0.677. The van der Waals surface area contributed by atoms with Crippen molar-refractivity contribution in [2.24, 2.45) is 5.92 Å². The van der Waals surface area contributed by atoms with Gasteiger partial charge in [0.25, 0.3) is 0 Å². The number of rotatable bonds is 17.